The molecule has 1 amide bonds. The van der Waals surface area contributed by atoms with Crippen LogP contribution in [0.5, 0.6) is 5.75 Å². The lowest BCUT2D eigenvalue weighted by Crippen LogP contribution is -2.29. The Kier molecular flexibility index (Phi) is 3.36. The quantitative estimate of drug-likeness (QED) is 0.773. The van der Waals surface area contributed by atoms with E-state index < -0.39 is 0 Å². The Bertz CT molecular complexity index is 925. The van der Waals surface area contributed by atoms with Crippen molar-refractivity contribution >= 4 is 34.8 Å². The zero-order chi connectivity index (χ0) is 16.0. The van der Waals surface area contributed by atoms with E-state index >= 15 is 0 Å². The van der Waals surface area contributed by atoms with Gasteiger partial charge < -0.3 is 10.1 Å². The van der Waals surface area contributed by atoms with Crippen LogP contribution in [0, 0.1) is 0 Å². The monoisotopic (exact) mass is 348 g/mol. The Balaban J connectivity index is 1.60. The van der Waals surface area contributed by atoms with Gasteiger partial charge in [0.2, 0.25) is 0 Å². The molecule has 3 aromatic rings. The molecule has 0 bridgehead atoms. The van der Waals surface area contributed by atoms with Crippen molar-refractivity contribution in [1.82, 2.24) is 19.9 Å². The highest BCUT2D eigenvalue weighted by Crippen LogP contribution is 2.42. The largest absolute Gasteiger partial charge is 0.489 e. The van der Waals surface area contributed by atoms with Gasteiger partial charge in [0.05, 0.1) is 16.6 Å². The van der Waals surface area contributed by atoms with Gasteiger partial charge in [0.15, 0.2) is 5.65 Å². The Morgan fingerprint density at radius 1 is 1.30 bits per heavy atom. The number of ether oxygens (including phenoxy) is 1. The van der Waals surface area contributed by atoms with Gasteiger partial charge in [0, 0.05) is 11.8 Å². The lowest BCUT2D eigenvalue weighted by atomic mass is 10.1. The maximum Gasteiger partial charge on any atom is 0.253 e. The van der Waals surface area contributed by atoms with Crippen LogP contribution in [0.25, 0.3) is 5.65 Å². The molecule has 6 nitrogen and oxygen atoms in total. The molecule has 0 aliphatic carbocycles. The molecule has 0 radical (unpaired) electrons. The van der Waals surface area contributed by atoms with Crippen molar-refractivity contribution in [1.29, 1.82) is 0 Å². The van der Waals surface area contributed by atoms with Crippen LogP contribution in [0.3, 0.4) is 0 Å². The summed E-state index contributed by atoms with van der Waals surface area (Å²) >= 11 is 12.1. The average molecular weight is 349 g/mol. The first kappa shape index (κ1) is 14.3. The van der Waals surface area contributed by atoms with Crippen molar-refractivity contribution in [3.63, 3.8) is 0 Å². The number of carbonyl (C=O) groups is 1. The maximum atomic E-state index is 12.4. The number of hydrogen-bond acceptors (Lipinski definition) is 4. The topological polar surface area (TPSA) is 68.5 Å². The molecule has 1 unspecified atom stereocenters. The van der Waals surface area contributed by atoms with Crippen LogP contribution in [-0.4, -0.2) is 27.1 Å². The summed E-state index contributed by atoms with van der Waals surface area (Å²) in [5.74, 6) is 0.312. The molecule has 8 heteroatoms. The number of halogens is 2. The molecule has 0 saturated carbocycles. The number of hydrogen-bond donors (Lipinski definition) is 1. The van der Waals surface area contributed by atoms with Gasteiger partial charge in [-0.2, -0.15) is 0 Å². The third kappa shape index (κ3) is 2.40. The second-order valence-electron chi connectivity index (χ2n) is 5.13. The molecule has 0 fully saturated rings. The number of carbonyl (C=O) groups excluding carboxylic acids is 1. The van der Waals surface area contributed by atoms with Crippen LogP contribution in [0.4, 0.5) is 0 Å². The summed E-state index contributed by atoms with van der Waals surface area (Å²) in [4.78, 5) is 12.4. The van der Waals surface area contributed by atoms with Gasteiger partial charge in [-0.15, -0.1) is 10.2 Å². The van der Waals surface area contributed by atoms with Crippen molar-refractivity contribution in [2.45, 2.75) is 6.04 Å². The SMILES string of the molecule is O=C(NC1COc2c1ccc(Cl)c2Cl)c1ccc2nncn2c1. The molecule has 23 heavy (non-hydrogen) atoms. The van der Waals surface area contributed by atoms with E-state index in [4.69, 9.17) is 27.9 Å². The Labute approximate surface area is 141 Å². The molecule has 1 aliphatic heterocycles. The van der Waals surface area contributed by atoms with Gasteiger partial charge in [-0.05, 0) is 18.2 Å². The fourth-order valence-corrected chi connectivity index (χ4v) is 2.92. The van der Waals surface area contributed by atoms with E-state index in [1.165, 1.54) is 0 Å². The van der Waals surface area contributed by atoms with Crippen molar-refractivity contribution in [3.05, 3.63) is 58.0 Å². The van der Waals surface area contributed by atoms with E-state index in [2.05, 4.69) is 15.5 Å². The molecule has 1 N–H and O–H groups in total. The first-order valence-corrected chi connectivity index (χ1v) is 7.60. The molecule has 1 aromatic carbocycles. The summed E-state index contributed by atoms with van der Waals surface area (Å²) in [5.41, 5.74) is 2.00. The smallest absolute Gasteiger partial charge is 0.253 e. The standard InChI is InChI=1S/C15H10Cl2N4O2/c16-10-3-2-9-11(6-23-14(9)13(10)17)19-15(22)8-1-4-12-20-18-7-21(12)5-8/h1-5,7,11H,6H2,(H,19,22). The number of aromatic nitrogens is 3. The zero-order valence-corrected chi connectivity index (χ0v) is 13.2. The number of nitrogens with zero attached hydrogens (tertiary/aromatic N) is 3. The third-order valence-electron chi connectivity index (χ3n) is 3.71. The van der Waals surface area contributed by atoms with E-state index in [-0.39, 0.29) is 11.9 Å². The van der Waals surface area contributed by atoms with Crippen LogP contribution < -0.4 is 10.1 Å². The van der Waals surface area contributed by atoms with E-state index in [0.717, 1.165) is 5.56 Å². The van der Waals surface area contributed by atoms with Gasteiger partial charge in [0.1, 0.15) is 23.7 Å². The minimum absolute atomic E-state index is 0.215. The molecule has 0 saturated heterocycles. The molecule has 2 aromatic heterocycles. The second kappa shape index (κ2) is 5.40. The van der Waals surface area contributed by atoms with Crippen molar-refractivity contribution in [2.75, 3.05) is 6.61 Å². The van der Waals surface area contributed by atoms with Gasteiger partial charge in [-0.25, -0.2) is 0 Å². The predicted octanol–water partition coefficient (Wildman–Crippen LogP) is 2.90. The molecular weight excluding hydrogens is 339 g/mol. The van der Waals surface area contributed by atoms with Crippen LogP contribution in [-0.2, 0) is 0 Å². The van der Waals surface area contributed by atoms with Crippen LogP contribution in [0.2, 0.25) is 10.0 Å². The number of amides is 1. The summed E-state index contributed by atoms with van der Waals surface area (Å²) in [6.07, 6.45) is 3.22. The summed E-state index contributed by atoms with van der Waals surface area (Å²) in [6, 6.07) is 6.66. The van der Waals surface area contributed by atoms with Crippen molar-refractivity contribution in [3.8, 4) is 5.75 Å². The fraction of sp³-hybridized carbons (Fsp3) is 0.133. The normalized spacial score (nSPS) is 16.2. The Morgan fingerprint density at radius 2 is 2.17 bits per heavy atom. The highest BCUT2D eigenvalue weighted by Gasteiger charge is 2.28. The lowest BCUT2D eigenvalue weighted by Gasteiger charge is -2.12. The Morgan fingerprint density at radius 3 is 3.04 bits per heavy atom. The molecule has 1 atom stereocenters. The molecule has 4 rings (SSSR count). The molecular formula is C15H10Cl2N4O2. The average Bonchev–Trinajstić information content (AvgIpc) is 3.17. The minimum atomic E-state index is -0.274. The summed E-state index contributed by atoms with van der Waals surface area (Å²) in [5, 5.41) is 11.4. The van der Waals surface area contributed by atoms with Gasteiger partial charge in [-0.3, -0.25) is 9.20 Å². The summed E-state index contributed by atoms with van der Waals surface area (Å²) in [6.45, 7) is 0.315. The van der Waals surface area contributed by atoms with Gasteiger partial charge >= 0.3 is 0 Å². The van der Waals surface area contributed by atoms with E-state index in [9.17, 15) is 4.79 Å². The number of nitrogens with one attached hydrogen (secondary N) is 1. The number of rotatable bonds is 2. The highest BCUT2D eigenvalue weighted by molar-refractivity contribution is 6.43. The highest BCUT2D eigenvalue weighted by atomic mass is 35.5. The molecule has 0 spiro atoms. The molecule has 1 aliphatic rings. The third-order valence-corrected chi connectivity index (χ3v) is 4.50. The van der Waals surface area contributed by atoms with Gasteiger partial charge in [-0.1, -0.05) is 29.3 Å². The van der Waals surface area contributed by atoms with Crippen LogP contribution in [0.1, 0.15) is 22.0 Å². The predicted molar refractivity (Wildman–Crippen MR) is 85.2 cm³/mol. The number of fused-ring (bicyclic) bond motifs is 2. The fourth-order valence-electron chi connectivity index (χ4n) is 2.55. The van der Waals surface area contributed by atoms with Crippen LogP contribution in [0.15, 0.2) is 36.8 Å². The maximum absolute atomic E-state index is 12.4. The lowest BCUT2D eigenvalue weighted by molar-refractivity contribution is 0.0930. The van der Waals surface area contributed by atoms with E-state index in [1.54, 1.807) is 35.1 Å². The van der Waals surface area contributed by atoms with Gasteiger partial charge in [0.25, 0.3) is 5.91 Å². The summed E-state index contributed by atoms with van der Waals surface area (Å²) in [7, 11) is 0. The van der Waals surface area contributed by atoms with E-state index in [1.807, 2.05) is 6.07 Å². The molecule has 116 valence electrons. The first-order chi connectivity index (χ1) is 11.1. The summed E-state index contributed by atoms with van der Waals surface area (Å²) < 4.78 is 7.25. The van der Waals surface area contributed by atoms with Crippen LogP contribution >= 0.6 is 23.2 Å². The zero-order valence-electron chi connectivity index (χ0n) is 11.7. The van der Waals surface area contributed by atoms with E-state index in [0.29, 0.717) is 33.6 Å². The molecule has 3 heterocycles. The van der Waals surface area contributed by atoms with Crippen molar-refractivity contribution in [2.24, 2.45) is 0 Å². The number of pyridine rings is 1. The van der Waals surface area contributed by atoms with Crippen molar-refractivity contribution < 1.29 is 9.53 Å². The first-order valence-electron chi connectivity index (χ1n) is 6.84. The minimum Gasteiger partial charge on any atom is -0.489 e. The Hall–Kier alpha value is -2.31. The number of benzene rings is 1. The second-order valence-corrected chi connectivity index (χ2v) is 5.92.